The molecule has 3 rings (SSSR count). The average Bonchev–Trinajstić information content (AvgIpc) is 2.99. The van der Waals surface area contributed by atoms with E-state index >= 15 is 0 Å². The number of hydrogen-bond donors (Lipinski definition) is 0. The van der Waals surface area contributed by atoms with Gasteiger partial charge >= 0.3 is 11.7 Å². The van der Waals surface area contributed by atoms with Crippen molar-refractivity contribution in [3.8, 4) is 0 Å². The number of aromatic nitrogens is 2. The molecule has 1 aliphatic rings. The predicted octanol–water partition coefficient (Wildman–Crippen LogP) is 1.70. The molecule has 0 unspecified atom stereocenters. The van der Waals surface area contributed by atoms with Gasteiger partial charge in [0, 0.05) is 50.6 Å². The van der Waals surface area contributed by atoms with Crippen molar-refractivity contribution in [2.75, 3.05) is 38.2 Å². The lowest BCUT2D eigenvalue weighted by molar-refractivity contribution is -0.384. The number of nitro groups is 1. The molecule has 2 aromatic heterocycles. The highest BCUT2D eigenvalue weighted by Crippen LogP contribution is 2.28. The summed E-state index contributed by atoms with van der Waals surface area (Å²) in [5, 5.41) is 15.4. The highest BCUT2D eigenvalue weighted by Gasteiger charge is 2.27. The van der Waals surface area contributed by atoms with E-state index in [2.05, 4.69) is 19.8 Å². The quantitative estimate of drug-likeness (QED) is 0.437. The number of methoxy groups -OCH3 is 1. The number of ether oxygens (including phenoxy) is 1. The second-order valence-corrected chi connectivity index (χ2v) is 6.38. The Labute approximate surface area is 155 Å². The zero-order chi connectivity index (χ0) is 19.6. The van der Waals surface area contributed by atoms with Crippen LogP contribution in [0.4, 0.5) is 11.5 Å². The molecule has 0 aliphatic carbocycles. The minimum absolute atomic E-state index is 0.0602. The fraction of sp³-hybridized carbons (Fsp3) is 0.471. The number of hydrogen-bond acceptors (Lipinski definition) is 9. The normalized spacial score (nSPS) is 15.0. The van der Waals surface area contributed by atoms with Crippen LogP contribution in [0.1, 0.15) is 27.4 Å². The van der Waals surface area contributed by atoms with E-state index in [9.17, 15) is 14.9 Å². The molecule has 2 aromatic rings. The molecule has 3 heterocycles. The molecule has 27 heavy (non-hydrogen) atoms. The van der Waals surface area contributed by atoms with Crippen LogP contribution in [0.25, 0.3) is 0 Å². The van der Waals surface area contributed by atoms with Crippen molar-refractivity contribution >= 4 is 17.5 Å². The van der Waals surface area contributed by atoms with Crippen LogP contribution < -0.4 is 4.90 Å². The van der Waals surface area contributed by atoms with E-state index in [-0.39, 0.29) is 17.1 Å². The minimum atomic E-state index is -0.651. The molecule has 0 spiro atoms. The van der Waals surface area contributed by atoms with Crippen LogP contribution in [-0.4, -0.2) is 59.2 Å². The van der Waals surface area contributed by atoms with Gasteiger partial charge in [-0.25, -0.2) is 9.78 Å². The van der Waals surface area contributed by atoms with Gasteiger partial charge in [-0.2, -0.15) is 0 Å². The topological polar surface area (TPSA) is 115 Å². The molecule has 1 fully saturated rings. The lowest BCUT2D eigenvalue weighted by atomic mass is 10.1. The molecule has 0 amide bonds. The van der Waals surface area contributed by atoms with Crippen molar-refractivity contribution in [1.82, 2.24) is 15.0 Å². The Bertz CT molecular complexity index is 838. The van der Waals surface area contributed by atoms with Gasteiger partial charge in [-0.1, -0.05) is 5.16 Å². The Hall–Kier alpha value is -3.01. The number of piperazine rings is 1. The van der Waals surface area contributed by atoms with E-state index in [1.54, 1.807) is 0 Å². The lowest BCUT2D eigenvalue weighted by Gasteiger charge is -2.35. The number of aryl methyl sites for hydroxylation is 2. The van der Waals surface area contributed by atoms with Gasteiger partial charge in [0.15, 0.2) is 0 Å². The summed E-state index contributed by atoms with van der Waals surface area (Å²) in [4.78, 5) is 30.8. The maximum atomic E-state index is 11.6. The lowest BCUT2D eigenvalue weighted by Crippen LogP contribution is -2.46. The molecule has 10 heteroatoms. The first-order chi connectivity index (χ1) is 12.9. The van der Waals surface area contributed by atoms with Crippen molar-refractivity contribution < 1.29 is 19.0 Å². The van der Waals surface area contributed by atoms with Crippen LogP contribution in [-0.2, 0) is 11.3 Å². The summed E-state index contributed by atoms with van der Waals surface area (Å²) in [6.07, 6.45) is 1.31. The Morgan fingerprint density at radius 3 is 2.59 bits per heavy atom. The van der Waals surface area contributed by atoms with Gasteiger partial charge in [0.1, 0.15) is 5.76 Å². The second kappa shape index (κ2) is 7.70. The van der Waals surface area contributed by atoms with E-state index in [0.29, 0.717) is 13.1 Å². The number of rotatable bonds is 5. The van der Waals surface area contributed by atoms with Crippen LogP contribution in [0, 0.1) is 24.0 Å². The van der Waals surface area contributed by atoms with Crippen LogP contribution in [0.3, 0.4) is 0 Å². The highest BCUT2D eigenvalue weighted by atomic mass is 16.6. The van der Waals surface area contributed by atoms with E-state index in [0.717, 1.165) is 36.7 Å². The number of nitrogens with zero attached hydrogens (tertiary/aromatic N) is 5. The third-order valence-corrected chi connectivity index (χ3v) is 4.70. The predicted molar refractivity (Wildman–Crippen MR) is 95.7 cm³/mol. The first kappa shape index (κ1) is 18.8. The van der Waals surface area contributed by atoms with Gasteiger partial charge in [0.05, 0.1) is 23.3 Å². The molecular weight excluding hydrogens is 354 g/mol. The summed E-state index contributed by atoms with van der Waals surface area (Å²) in [5.74, 6) is 0.428. The maximum absolute atomic E-state index is 11.6. The van der Waals surface area contributed by atoms with E-state index in [1.165, 1.54) is 19.4 Å². The second-order valence-electron chi connectivity index (χ2n) is 6.38. The van der Waals surface area contributed by atoms with E-state index < -0.39 is 10.9 Å². The molecule has 1 saturated heterocycles. The summed E-state index contributed by atoms with van der Waals surface area (Å²) in [7, 11) is 1.22. The first-order valence-electron chi connectivity index (χ1n) is 8.52. The zero-order valence-corrected chi connectivity index (χ0v) is 15.5. The smallest absolute Gasteiger partial charge is 0.339 e. The van der Waals surface area contributed by atoms with Crippen molar-refractivity contribution in [2.45, 2.75) is 20.4 Å². The van der Waals surface area contributed by atoms with Gasteiger partial charge < -0.3 is 14.2 Å². The van der Waals surface area contributed by atoms with Gasteiger partial charge in [-0.15, -0.1) is 0 Å². The van der Waals surface area contributed by atoms with Crippen LogP contribution >= 0.6 is 0 Å². The molecule has 144 valence electrons. The monoisotopic (exact) mass is 375 g/mol. The van der Waals surface area contributed by atoms with Gasteiger partial charge in [-0.05, 0) is 13.8 Å². The van der Waals surface area contributed by atoms with Crippen LogP contribution in [0.2, 0.25) is 0 Å². The molecular formula is C17H21N5O5. The third kappa shape index (κ3) is 3.90. The number of esters is 1. The fourth-order valence-corrected chi connectivity index (χ4v) is 3.12. The van der Waals surface area contributed by atoms with Crippen molar-refractivity contribution in [1.29, 1.82) is 0 Å². The Morgan fingerprint density at radius 1 is 1.33 bits per heavy atom. The summed E-state index contributed by atoms with van der Waals surface area (Å²) in [6, 6.07) is 1.21. The highest BCUT2D eigenvalue weighted by molar-refractivity contribution is 5.90. The largest absolute Gasteiger partial charge is 0.465 e. The van der Waals surface area contributed by atoms with Crippen molar-refractivity contribution in [2.24, 2.45) is 0 Å². The van der Waals surface area contributed by atoms with E-state index in [4.69, 9.17) is 4.52 Å². The molecule has 10 nitrogen and oxygen atoms in total. The van der Waals surface area contributed by atoms with Gasteiger partial charge in [0.25, 0.3) is 0 Å². The number of carbonyl (C=O) groups is 1. The van der Waals surface area contributed by atoms with Crippen molar-refractivity contribution in [3.63, 3.8) is 0 Å². The Morgan fingerprint density at radius 2 is 2.04 bits per heavy atom. The zero-order valence-electron chi connectivity index (χ0n) is 15.5. The molecule has 0 radical (unpaired) electrons. The minimum Gasteiger partial charge on any atom is -0.465 e. The molecule has 0 N–H and O–H groups in total. The molecule has 0 bridgehead atoms. The fourth-order valence-electron chi connectivity index (χ4n) is 3.12. The molecule has 1 aliphatic heterocycles. The molecule has 0 aromatic carbocycles. The SMILES string of the molecule is COC(=O)c1cnc(N2CCN(Cc3c(C)noc3C)CC2)c([N+](=O)[O-])c1. The number of pyridine rings is 1. The number of carbonyl (C=O) groups excluding carboxylic acids is 1. The Balaban J connectivity index is 1.72. The summed E-state index contributed by atoms with van der Waals surface area (Å²) < 4.78 is 9.80. The van der Waals surface area contributed by atoms with Gasteiger partial charge in [-0.3, -0.25) is 15.0 Å². The van der Waals surface area contributed by atoms with E-state index in [1.807, 2.05) is 18.7 Å². The first-order valence-corrected chi connectivity index (χ1v) is 8.52. The molecule has 0 saturated carbocycles. The summed E-state index contributed by atoms with van der Waals surface area (Å²) in [6.45, 7) is 7.17. The third-order valence-electron chi connectivity index (χ3n) is 4.70. The Kier molecular flexibility index (Phi) is 5.36. The van der Waals surface area contributed by atoms with Crippen LogP contribution in [0.15, 0.2) is 16.8 Å². The average molecular weight is 375 g/mol. The number of anilines is 1. The van der Waals surface area contributed by atoms with Gasteiger partial charge in [0.2, 0.25) is 5.82 Å². The summed E-state index contributed by atoms with van der Waals surface area (Å²) >= 11 is 0. The molecule has 0 atom stereocenters. The standard InChI is InChI=1S/C17H21N5O5/c1-11-14(12(2)27-19-11)10-20-4-6-21(7-5-20)16-15(22(24)25)8-13(9-18-16)17(23)26-3/h8-9H,4-7,10H2,1-3H3. The van der Waals surface area contributed by atoms with Crippen LogP contribution in [0.5, 0.6) is 0 Å². The maximum Gasteiger partial charge on any atom is 0.339 e. The summed E-state index contributed by atoms with van der Waals surface area (Å²) in [5.41, 5.74) is 1.82. The van der Waals surface area contributed by atoms with Crippen molar-refractivity contribution in [3.05, 3.63) is 45.0 Å².